The summed E-state index contributed by atoms with van der Waals surface area (Å²) in [6, 6.07) is 0. The highest BCUT2D eigenvalue weighted by Gasteiger charge is 2.21. The molecule has 3 heterocycles. The van der Waals surface area contributed by atoms with Crippen molar-refractivity contribution >= 4 is 21.6 Å². The summed E-state index contributed by atoms with van der Waals surface area (Å²) < 4.78 is 0. The minimum atomic E-state index is 0.0181. The predicted octanol–water partition coefficient (Wildman–Crippen LogP) is 1.28. The molecular formula is C11H13N3OS. The molecular weight excluding hydrogens is 222 g/mol. The zero-order chi connectivity index (χ0) is 11.3. The molecule has 3 rings (SSSR count). The third-order valence-electron chi connectivity index (χ3n) is 3.02. The van der Waals surface area contributed by atoms with Crippen molar-refractivity contribution < 1.29 is 0 Å². The van der Waals surface area contributed by atoms with Crippen LogP contribution in [0.2, 0.25) is 0 Å². The van der Waals surface area contributed by atoms with Crippen molar-refractivity contribution in [2.75, 3.05) is 13.6 Å². The summed E-state index contributed by atoms with van der Waals surface area (Å²) in [6.07, 6.45) is 0.958. The highest BCUT2D eigenvalue weighted by molar-refractivity contribution is 7.18. The lowest BCUT2D eigenvalue weighted by Gasteiger charge is -2.21. The normalized spacial score (nSPS) is 16.6. The zero-order valence-corrected chi connectivity index (χ0v) is 10.1. The third-order valence-corrected chi connectivity index (χ3v) is 4.13. The Labute approximate surface area is 96.9 Å². The van der Waals surface area contributed by atoms with Crippen molar-refractivity contribution in [1.82, 2.24) is 14.9 Å². The first-order chi connectivity index (χ1) is 7.65. The van der Waals surface area contributed by atoms with E-state index in [1.165, 1.54) is 10.4 Å². The van der Waals surface area contributed by atoms with Crippen molar-refractivity contribution in [3.05, 3.63) is 26.6 Å². The van der Waals surface area contributed by atoms with Crippen LogP contribution < -0.4 is 5.56 Å². The van der Waals surface area contributed by atoms with Crippen LogP contribution in [0.25, 0.3) is 10.2 Å². The van der Waals surface area contributed by atoms with Crippen molar-refractivity contribution in [3.63, 3.8) is 0 Å². The van der Waals surface area contributed by atoms with E-state index in [0.29, 0.717) is 5.82 Å². The summed E-state index contributed by atoms with van der Waals surface area (Å²) in [7, 11) is 2.11. The Balaban J connectivity index is 2.33. The standard InChI is InChI=1S/C11H13N3OS/c1-6-12-10(15)9-7-3-4-14(2)5-8(7)16-11(9)13-6/h3-5H2,1-2H3,(H,12,13,15). The van der Waals surface area contributed by atoms with Crippen LogP contribution in [0.1, 0.15) is 16.3 Å². The fourth-order valence-corrected chi connectivity index (χ4v) is 3.58. The maximum atomic E-state index is 11.9. The minimum absolute atomic E-state index is 0.0181. The van der Waals surface area contributed by atoms with Crippen LogP contribution in [-0.4, -0.2) is 28.5 Å². The number of aryl methyl sites for hydroxylation is 1. The molecule has 0 bridgehead atoms. The fourth-order valence-electron chi connectivity index (χ4n) is 2.24. The van der Waals surface area contributed by atoms with E-state index in [0.717, 1.165) is 29.7 Å². The van der Waals surface area contributed by atoms with Crippen LogP contribution in [0, 0.1) is 6.92 Å². The Morgan fingerprint density at radius 3 is 3.12 bits per heavy atom. The van der Waals surface area contributed by atoms with E-state index in [-0.39, 0.29) is 5.56 Å². The number of fused-ring (bicyclic) bond motifs is 3. The van der Waals surface area contributed by atoms with Gasteiger partial charge < -0.3 is 9.88 Å². The average molecular weight is 235 g/mol. The Bertz CT molecular complexity index is 613. The Morgan fingerprint density at radius 2 is 2.31 bits per heavy atom. The number of thiophene rings is 1. The molecule has 5 heteroatoms. The molecule has 0 fully saturated rings. The molecule has 0 atom stereocenters. The quantitative estimate of drug-likeness (QED) is 0.748. The number of H-pyrrole nitrogens is 1. The van der Waals surface area contributed by atoms with Crippen molar-refractivity contribution in [2.45, 2.75) is 19.9 Å². The van der Waals surface area contributed by atoms with Crippen molar-refractivity contribution in [2.24, 2.45) is 0 Å². The second-order valence-corrected chi connectivity index (χ2v) is 5.41. The van der Waals surface area contributed by atoms with E-state index in [1.54, 1.807) is 11.3 Å². The Hall–Kier alpha value is -1.20. The molecule has 0 unspecified atom stereocenters. The molecule has 0 aromatic carbocycles. The Morgan fingerprint density at radius 1 is 1.50 bits per heavy atom. The topological polar surface area (TPSA) is 49.0 Å². The lowest BCUT2D eigenvalue weighted by molar-refractivity contribution is 0.318. The number of hydrogen-bond donors (Lipinski definition) is 1. The summed E-state index contributed by atoms with van der Waals surface area (Å²) in [5.41, 5.74) is 1.23. The van der Waals surface area contributed by atoms with Gasteiger partial charge in [-0.3, -0.25) is 4.79 Å². The molecule has 1 aliphatic rings. The number of nitrogens with one attached hydrogen (secondary N) is 1. The van der Waals surface area contributed by atoms with E-state index in [4.69, 9.17) is 0 Å². The van der Waals surface area contributed by atoms with Gasteiger partial charge >= 0.3 is 0 Å². The summed E-state index contributed by atoms with van der Waals surface area (Å²) >= 11 is 1.66. The lowest BCUT2D eigenvalue weighted by atomic mass is 10.1. The molecule has 1 N–H and O–H groups in total. The van der Waals surface area contributed by atoms with Gasteiger partial charge in [-0.1, -0.05) is 0 Å². The van der Waals surface area contributed by atoms with E-state index in [1.807, 2.05) is 6.92 Å². The van der Waals surface area contributed by atoms with Crippen LogP contribution >= 0.6 is 11.3 Å². The van der Waals surface area contributed by atoms with Gasteiger partial charge in [-0.15, -0.1) is 11.3 Å². The van der Waals surface area contributed by atoms with Crippen LogP contribution in [0.5, 0.6) is 0 Å². The number of aromatic amines is 1. The molecule has 16 heavy (non-hydrogen) atoms. The van der Waals surface area contributed by atoms with Gasteiger partial charge in [0.25, 0.3) is 5.56 Å². The minimum Gasteiger partial charge on any atom is -0.310 e. The van der Waals surface area contributed by atoms with Crippen LogP contribution in [-0.2, 0) is 13.0 Å². The molecule has 2 aromatic rings. The smallest absolute Gasteiger partial charge is 0.259 e. The van der Waals surface area contributed by atoms with Gasteiger partial charge in [0, 0.05) is 18.0 Å². The molecule has 1 aliphatic heterocycles. The summed E-state index contributed by atoms with van der Waals surface area (Å²) in [5.74, 6) is 0.699. The lowest BCUT2D eigenvalue weighted by Crippen LogP contribution is -2.25. The third kappa shape index (κ3) is 1.39. The first-order valence-electron chi connectivity index (χ1n) is 5.35. The second kappa shape index (κ2) is 3.40. The van der Waals surface area contributed by atoms with Gasteiger partial charge in [-0.25, -0.2) is 4.98 Å². The number of rotatable bonds is 0. The monoisotopic (exact) mass is 235 g/mol. The van der Waals surface area contributed by atoms with Crippen LogP contribution in [0.4, 0.5) is 0 Å². The molecule has 4 nitrogen and oxygen atoms in total. The first-order valence-corrected chi connectivity index (χ1v) is 6.16. The van der Waals surface area contributed by atoms with E-state index < -0.39 is 0 Å². The van der Waals surface area contributed by atoms with Crippen LogP contribution in [0.15, 0.2) is 4.79 Å². The van der Waals surface area contributed by atoms with Gasteiger partial charge in [0.15, 0.2) is 0 Å². The van der Waals surface area contributed by atoms with E-state index in [2.05, 4.69) is 21.9 Å². The maximum absolute atomic E-state index is 11.9. The molecule has 0 amide bonds. The maximum Gasteiger partial charge on any atom is 0.259 e. The molecule has 0 saturated carbocycles. The molecule has 0 saturated heterocycles. The molecule has 0 radical (unpaired) electrons. The first kappa shape index (κ1) is 9.99. The number of nitrogens with zero attached hydrogens (tertiary/aromatic N) is 2. The van der Waals surface area contributed by atoms with Gasteiger partial charge in [-0.05, 0) is 26.0 Å². The van der Waals surface area contributed by atoms with Crippen LogP contribution in [0.3, 0.4) is 0 Å². The van der Waals surface area contributed by atoms with Crippen molar-refractivity contribution in [1.29, 1.82) is 0 Å². The van der Waals surface area contributed by atoms with Gasteiger partial charge in [-0.2, -0.15) is 0 Å². The fraction of sp³-hybridized carbons (Fsp3) is 0.455. The number of aromatic nitrogens is 2. The van der Waals surface area contributed by atoms with Gasteiger partial charge in [0.1, 0.15) is 10.7 Å². The highest BCUT2D eigenvalue weighted by atomic mass is 32.1. The molecule has 2 aromatic heterocycles. The highest BCUT2D eigenvalue weighted by Crippen LogP contribution is 2.31. The van der Waals surface area contributed by atoms with E-state index in [9.17, 15) is 4.79 Å². The molecule has 84 valence electrons. The average Bonchev–Trinajstić information content (AvgIpc) is 2.54. The summed E-state index contributed by atoms with van der Waals surface area (Å²) in [5, 5.41) is 0.818. The molecule has 0 spiro atoms. The summed E-state index contributed by atoms with van der Waals surface area (Å²) in [6.45, 7) is 3.78. The van der Waals surface area contributed by atoms with Gasteiger partial charge in [0.05, 0.1) is 5.39 Å². The van der Waals surface area contributed by atoms with Crippen molar-refractivity contribution in [3.8, 4) is 0 Å². The molecule has 0 aliphatic carbocycles. The van der Waals surface area contributed by atoms with E-state index >= 15 is 0 Å². The Kier molecular flexibility index (Phi) is 2.12. The largest absolute Gasteiger partial charge is 0.310 e. The predicted molar refractivity (Wildman–Crippen MR) is 65.0 cm³/mol. The summed E-state index contributed by atoms with van der Waals surface area (Å²) in [4.78, 5) is 23.6. The van der Waals surface area contributed by atoms with Gasteiger partial charge in [0.2, 0.25) is 0 Å². The zero-order valence-electron chi connectivity index (χ0n) is 9.33. The number of likely N-dealkylation sites (N-methyl/N-ethyl adjacent to an activating group) is 1. The SMILES string of the molecule is Cc1nc2sc3c(c2c(=O)[nH]1)CCN(C)C3. The second-order valence-electron chi connectivity index (χ2n) is 4.32. The number of hydrogen-bond acceptors (Lipinski definition) is 4.